The molecule has 0 fully saturated rings. The lowest BCUT2D eigenvalue weighted by Crippen LogP contribution is -2.29. The van der Waals surface area contributed by atoms with Crippen molar-refractivity contribution in [2.45, 2.75) is 33.2 Å². The fraction of sp³-hybridized carbons (Fsp3) is 0.462. The smallest absolute Gasteiger partial charge is 0.328 e. The van der Waals surface area contributed by atoms with E-state index in [0.717, 1.165) is 12.1 Å². The van der Waals surface area contributed by atoms with Gasteiger partial charge in [0.05, 0.1) is 6.61 Å². The molecule has 16 heavy (non-hydrogen) atoms. The van der Waals surface area contributed by atoms with Crippen molar-refractivity contribution in [2.75, 3.05) is 11.9 Å². The van der Waals surface area contributed by atoms with Crippen LogP contribution in [-0.2, 0) is 16.0 Å². The van der Waals surface area contributed by atoms with Crippen LogP contribution in [0.3, 0.4) is 0 Å². The summed E-state index contributed by atoms with van der Waals surface area (Å²) in [5, 5.41) is 3.24. The Hall–Kier alpha value is -1.51. The predicted octanol–water partition coefficient (Wildman–Crippen LogP) is 2.20. The van der Waals surface area contributed by atoms with Crippen molar-refractivity contribution in [1.29, 1.82) is 0 Å². The van der Waals surface area contributed by atoms with Gasteiger partial charge in [-0.3, -0.25) is 0 Å². The summed E-state index contributed by atoms with van der Waals surface area (Å²) in [4.78, 5) is 11.6. The van der Waals surface area contributed by atoms with Gasteiger partial charge in [-0.15, -0.1) is 0 Å². The Kier molecular flexibility index (Phi) is 2.86. The summed E-state index contributed by atoms with van der Waals surface area (Å²) in [6.07, 6.45) is 0.733. The van der Waals surface area contributed by atoms with E-state index in [1.807, 2.05) is 6.92 Å². The number of carbonyl (C=O) groups excluding carboxylic acids is 1. The minimum absolute atomic E-state index is 0.157. The van der Waals surface area contributed by atoms with Crippen LogP contribution >= 0.6 is 0 Å². The highest BCUT2D eigenvalue weighted by atomic mass is 16.5. The Bertz CT molecular complexity index is 426. The average molecular weight is 219 g/mol. The lowest BCUT2D eigenvalue weighted by molar-refractivity contribution is -0.143. The van der Waals surface area contributed by atoms with Crippen LogP contribution in [0.1, 0.15) is 23.6 Å². The molecule has 0 amide bonds. The Morgan fingerprint density at radius 3 is 2.94 bits per heavy atom. The molecular formula is C13H17NO2. The first-order chi connectivity index (χ1) is 7.61. The largest absolute Gasteiger partial charge is 0.464 e. The first-order valence-electron chi connectivity index (χ1n) is 5.65. The number of carbonyl (C=O) groups is 1. The van der Waals surface area contributed by atoms with Crippen molar-refractivity contribution in [3.05, 3.63) is 28.8 Å². The van der Waals surface area contributed by atoms with Crippen LogP contribution in [0.2, 0.25) is 0 Å². The van der Waals surface area contributed by atoms with Crippen LogP contribution in [0, 0.1) is 13.8 Å². The first kappa shape index (κ1) is 11.0. The Balaban J connectivity index is 2.21. The molecule has 0 saturated carbocycles. The lowest BCUT2D eigenvalue weighted by atomic mass is 10.0. The molecule has 0 aliphatic carbocycles. The van der Waals surface area contributed by atoms with Crippen LogP contribution in [-0.4, -0.2) is 18.6 Å². The van der Waals surface area contributed by atoms with Gasteiger partial charge >= 0.3 is 5.97 Å². The molecule has 86 valence electrons. The number of fused-ring (bicyclic) bond motifs is 1. The van der Waals surface area contributed by atoms with E-state index in [4.69, 9.17) is 4.74 Å². The Morgan fingerprint density at radius 1 is 1.50 bits per heavy atom. The highest BCUT2D eigenvalue weighted by Gasteiger charge is 2.28. The van der Waals surface area contributed by atoms with Gasteiger partial charge in [-0.1, -0.05) is 17.7 Å². The highest BCUT2D eigenvalue weighted by Crippen LogP contribution is 2.30. The number of hydrogen-bond donors (Lipinski definition) is 1. The highest BCUT2D eigenvalue weighted by molar-refractivity contribution is 5.83. The van der Waals surface area contributed by atoms with Gasteiger partial charge in [-0.05, 0) is 31.9 Å². The Morgan fingerprint density at radius 2 is 2.25 bits per heavy atom. The molecule has 1 aliphatic heterocycles. The molecule has 1 aliphatic rings. The second-order valence-corrected chi connectivity index (χ2v) is 4.27. The zero-order chi connectivity index (χ0) is 11.7. The molecule has 1 heterocycles. The maximum absolute atomic E-state index is 11.6. The average Bonchev–Trinajstić information content (AvgIpc) is 2.62. The van der Waals surface area contributed by atoms with Crippen molar-refractivity contribution < 1.29 is 9.53 Å². The van der Waals surface area contributed by atoms with Crippen LogP contribution in [0.25, 0.3) is 0 Å². The fourth-order valence-electron chi connectivity index (χ4n) is 2.25. The molecule has 3 heteroatoms. The number of benzene rings is 1. The SMILES string of the molecule is CCOC(=O)C1Cc2cc(C)cc(C)c2N1. The normalized spacial score (nSPS) is 17.8. The molecule has 1 atom stereocenters. The van der Waals surface area contributed by atoms with Gasteiger partial charge in [0.1, 0.15) is 6.04 Å². The number of nitrogens with one attached hydrogen (secondary N) is 1. The molecule has 1 aromatic rings. The van der Waals surface area contributed by atoms with E-state index in [1.165, 1.54) is 16.7 Å². The van der Waals surface area contributed by atoms with Gasteiger partial charge in [0.15, 0.2) is 0 Å². The number of esters is 1. The number of aryl methyl sites for hydroxylation is 2. The second-order valence-electron chi connectivity index (χ2n) is 4.27. The van der Waals surface area contributed by atoms with Gasteiger partial charge < -0.3 is 10.1 Å². The fourth-order valence-corrected chi connectivity index (χ4v) is 2.25. The molecule has 0 aromatic heterocycles. The number of hydrogen-bond acceptors (Lipinski definition) is 3. The van der Waals surface area contributed by atoms with Gasteiger partial charge in [0.25, 0.3) is 0 Å². The van der Waals surface area contributed by atoms with Gasteiger partial charge in [0.2, 0.25) is 0 Å². The predicted molar refractivity (Wildman–Crippen MR) is 63.7 cm³/mol. The summed E-state index contributed by atoms with van der Waals surface area (Å²) < 4.78 is 5.03. The maximum atomic E-state index is 11.6. The molecule has 0 bridgehead atoms. The van der Waals surface area contributed by atoms with E-state index >= 15 is 0 Å². The van der Waals surface area contributed by atoms with Crippen molar-refractivity contribution >= 4 is 11.7 Å². The van der Waals surface area contributed by atoms with Crippen LogP contribution in [0.4, 0.5) is 5.69 Å². The molecule has 1 aromatic carbocycles. The quantitative estimate of drug-likeness (QED) is 0.775. The van der Waals surface area contributed by atoms with Crippen LogP contribution in [0.5, 0.6) is 0 Å². The molecule has 0 radical (unpaired) electrons. The summed E-state index contributed by atoms with van der Waals surface area (Å²) in [5.74, 6) is -0.157. The zero-order valence-corrected chi connectivity index (χ0v) is 9.96. The molecule has 0 saturated heterocycles. The summed E-state index contributed by atoms with van der Waals surface area (Å²) in [6, 6.07) is 4.05. The monoisotopic (exact) mass is 219 g/mol. The van der Waals surface area contributed by atoms with E-state index in [2.05, 4.69) is 31.3 Å². The molecule has 2 rings (SSSR count). The van der Waals surface area contributed by atoms with Gasteiger partial charge in [0, 0.05) is 12.1 Å². The van der Waals surface area contributed by atoms with E-state index in [1.54, 1.807) is 0 Å². The molecular weight excluding hydrogens is 202 g/mol. The van der Waals surface area contributed by atoms with Gasteiger partial charge in [-0.25, -0.2) is 4.79 Å². The molecule has 1 N–H and O–H groups in total. The summed E-state index contributed by atoms with van der Waals surface area (Å²) >= 11 is 0. The third-order valence-electron chi connectivity index (χ3n) is 2.88. The standard InChI is InChI=1S/C13H17NO2/c1-4-16-13(15)11-7-10-6-8(2)5-9(3)12(10)14-11/h5-6,11,14H,4,7H2,1-3H3. The number of ether oxygens (including phenoxy) is 1. The topological polar surface area (TPSA) is 38.3 Å². The third kappa shape index (κ3) is 1.90. The van der Waals surface area contributed by atoms with E-state index in [-0.39, 0.29) is 12.0 Å². The van der Waals surface area contributed by atoms with E-state index in [9.17, 15) is 4.79 Å². The Labute approximate surface area is 95.8 Å². The summed E-state index contributed by atoms with van der Waals surface area (Å²) in [7, 11) is 0. The maximum Gasteiger partial charge on any atom is 0.328 e. The summed E-state index contributed by atoms with van der Waals surface area (Å²) in [5.41, 5.74) is 4.75. The molecule has 3 nitrogen and oxygen atoms in total. The van der Waals surface area contributed by atoms with Crippen molar-refractivity contribution in [3.63, 3.8) is 0 Å². The minimum Gasteiger partial charge on any atom is -0.464 e. The van der Waals surface area contributed by atoms with Crippen molar-refractivity contribution in [3.8, 4) is 0 Å². The summed E-state index contributed by atoms with van der Waals surface area (Å²) in [6.45, 7) is 6.40. The van der Waals surface area contributed by atoms with E-state index < -0.39 is 0 Å². The molecule has 1 unspecified atom stereocenters. The minimum atomic E-state index is -0.213. The van der Waals surface area contributed by atoms with Crippen molar-refractivity contribution in [1.82, 2.24) is 0 Å². The molecule has 0 spiro atoms. The van der Waals surface area contributed by atoms with Crippen molar-refractivity contribution in [2.24, 2.45) is 0 Å². The third-order valence-corrected chi connectivity index (χ3v) is 2.88. The lowest BCUT2D eigenvalue weighted by Gasteiger charge is -2.10. The van der Waals surface area contributed by atoms with E-state index in [0.29, 0.717) is 6.61 Å². The second kappa shape index (κ2) is 4.16. The number of anilines is 1. The number of rotatable bonds is 2. The van der Waals surface area contributed by atoms with Crippen LogP contribution in [0.15, 0.2) is 12.1 Å². The van der Waals surface area contributed by atoms with Crippen LogP contribution < -0.4 is 5.32 Å². The zero-order valence-electron chi connectivity index (χ0n) is 9.96. The first-order valence-corrected chi connectivity index (χ1v) is 5.65. The van der Waals surface area contributed by atoms with Gasteiger partial charge in [-0.2, -0.15) is 0 Å².